The highest BCUT2D eigenvalue weighted by atomic mass is 16.6. The van der Waals surface area contributed by atoms with Crippen molar-refractivity contribution in [2.75, 3.05) is 13.2 Å². The van der Waals surface area contributed by atoms with Gasteiger partial charge in [0.25, 0.3) is 0 Å². The molecule has 0 aromatic carbocycles. The van der Waals surface area contributed by atoms with E-state index in [0.29, 0.717) is 19.3 Å². The maximum atomic E-state index is 12.9. The van der Waals surface area contributed by atoms with Crippen LogP contribution >= 0.6 is 0 Å². The first-order valence-electron chi connectivity index (χ1n) is 30.7. The van der Waals surface area contributed by atoms with Crippen LogP contribution in [0, 0.1) is 0 Å². The molecule has 0 rings (SSSR count). The van der Waals surface area contributed by atoms with E-state index in [4.69, 9.17) is 14.2 Å². The molecule has 1 unspecified atom stereocenters. The third-order valence-electron chi connectivity index (χ3n) is 12.6. The van der Waals surface area contributed by atoms with Gasteiger partial charge < -0.3 is 14.2 Å². The normalized spacial score (nSPS) is 13.1. The molecule has 1 atom stereocenters. The summed E-state index contributed by atoms with van der Waals surface area (Å²) in [5, 5.41) is 0. The van der Waals surface area contributed by atoms with Crippen LogP contribution in [0.3, 0.4) is 0 Å². The molecular weight excluding hydrogens is 925 g/mol. The van der Waals surface area contributed by atoms with Gasteiger partial charge in [0.15, 0.2) is 6.10 Å². The molecule has 0 amide bonds. The Morgan fingerprint density at radius 2 is 0.520 bits per heavy atom. The smallest absolute Gasteiger partial charge is 0.306 e. The average Bonchev–Trinajstić information content (AvgIpc) is 3.41. The van der Waals surface area contributed by atoms with E-state index in [0.717, 1.165) is 141 Å². The highest BCUT2D eigenvalue weighted by Crippen LogP contribution is 2.14. The zero-order valence-electron chi connectivity index (χ0n) is 48.5. The number of ether oxygens (including phenoxy) is 3. The molecule has 0 N–H and O–H groups in total. The van der Waals surface area contributed by atoms with Crippen molar-refractivity contribution in [2.24, 2.45) is 0 Å². The van der Waals surface area contributed by atoms with Crippen molar-refractivity contribution in [3.8, 4) is 0 Å². The number of carbonyl (C=O) groups is 3. The molecule has 75 heavy (non-hydrogen) atoms. The number of esters is 3. The summed E-state index contributed by atoms with van der Waals surface area (Å²) >= 11 is 0. The zero-order valence-corrected chi connectivity index (χ0v) is 48.5. The van der Waals surface area contributed by atoms with Crippen molar-refractivity contribution in [2.45, 2.75) is 271 Å². The maximum absolute atomic E-state index is 12.9. The van der Waals surface area contributed by atoms with E-state index in [-0.39, 0.29) is 37.5 Å². The van der Waals surface area contributed by atoms with Crippen LogP contribution in [-0.4, -0.2) is 37.2 Å². The van der Waals surface area contributed by atoms with Crippen molar-refractivity contribution >= 4 is 17.9 Å². The molecule has 0 aliphatic carbocycles. The minimum Gasteiger partial charge on any atom is -0.462 e. The standard InChI is InChI=1S/C69H112O6/c1-4-7-10-13-16-19-22-25-28-31-33-34-36-38-41-44-47-50-53-56-59-62-68(71)74-65-66(64-73-67(70)61-58-55-52-49-46-43-40-37-30-27-24-21-18-15-12-9-6-3)75-69(72)63-60-57-54-51-48-45-42-39-35-32-29-26-23-20-17-14-11-8-5-2/h7-8,10-11,16-17,19-20,25-30,33-35,38-39,41,45,48,66H,4-6,9,12-15,18,21-24,31-32,36-37,40,42-44,46-47,49-65H2,1-3H3/b10-7-,11-8-,19-16-,20-17-,28-25-,29-26-,30-27-,34-33-,39-35-,41-38-,48-45-. The molecule has 0 spiro atoms. The van der Waals surface area contributed by atoms with Crippen LogP contribution in [0.2, 0.25) is 0 Å². The largest absolute Gasteiger partial charge is 0.462 e. The predicted octanol–water partition coefficient (Wildman–Crippen LogP) is 21.0. The Hall–Kier alpha value is -4.45. The molecule has 0 saturated heterocycles. The molecule has 0 aliphatic heterocycles. The second kappa shape index (κ2) is 62.1. The van der Waals surface area contributed by atoms with Crippen molar-refractivity contribution in [3.05, 3.63) is 134 Å². The third kappa shape index (κ3) is 60.3. The van der Waals surface area contributed by atoms with Gasteiger partial charge in [0.1, 0.15) is 13.2 Å². The van der Waals surface area contributed by atoms with Gasteiger partial charge in [-0.15, -0.1) is 0 Å². The number of hydrogen-bond donors (Lipinski definition) is 0. The third-order valence-corrected chi connectivity index (χ3v) is 12.6. The zero-order chi connectivity index (χ0) is 54.3. The molecule has 0 aromatic rings. The first-order chi connectivity index (χ1) is 37.0. The van der Waals surface area contributed by atoms with Crippen molar-refractivity contribution in [3.63, 3.8) is 0 Å². The van der Waals surface area contributed by atoms with Crippen LogP contribution in [0.25, 0.3) is 0 Å². The predicted molar refractivity (Wildman–Crippen MR) is 325 cm³/mol. The molecule has 0 aromatic heterocycles. The van der Waals surface area contributed by atoms with Crippen molar-refractivity contribution < 1.29 is 28.6 Å². The fraction of sp³-hybridized carbons (Fsp3) is 0.638. The summed E-state index contributed by atoms with van der Waals surface area (Å²) in [7, 11) is 0. The van der Waals surface area contributed by atoms with Crippen LogP contribution < -0.4 is 0 Å². The topological polar surface area (TPSA) is 78.9 Å². The Morgan fingerprint density at radius 1 is 0.280 bits per heavy atom. The summed E-state index contributed by atoms with van der Waals surface area (Å²) in [4.78, 5) is 38.3. The first-order valence-corrected chi connectivity index (χ1v) is 30.7. The fourth-order valence-corrected chi connectivity index (χ4v) is 8.08. The van der Waals surface area contributed by atoms with E-state index in [1.807, 2.05) is 0 Å². The second-order valence-electron chi connectivity index (χ2n) is 19.8. The number of hydrogen-bond acceptors (Lipinski definition) is 6. The fourth-order valence-electron chi connectivity index (χ4n) is 8.08. The van der Waals surface area contributed by atoms with Gasteiger partial charge in [0, 0.05) is 19.3 Å². The van der Waals surface area contributed by atoms with Crippen molar-refractivity contribution in [1.29, 1.82) is 0 Å². The van der Waals surface area contributed by atoms with Gasteiger partial charge in [-0.25, -0.2) is 0 Å². The molecule has 6 nitrogen and oxygen atoms in total. The van der Waals surface area contributed by atoms with Gasteiger partial charge >= 0.3 is 17.9 Å². The Labute approximate surface area is 462 Å². The molecular formula is C69H112O6. The molecule has 0 radical (unpaired) electrons. The summed E-state index contributed by atoms with van der Waals surface area (Å²) in [6.07, 6.45) is 87.3. The van der Waals surface area contributed by atoms with Gasteiger partial charge in [-0.05, 0) is 135 Å². The lowest BCUT2D eigenvalue weighted by Gasteiger charge is -2.18. The highest BCUT2D eigenvalue weighted by Gasteiger charge is 2.19. The van der Waals surface area contributed by atoms with Gasteiger partial charge in [-0.1, -0.05) is 244 Å². The Morgan fingerprint density at radius 3 is 0.840 bits per heavy atom. The van der Waals surface area contributed by atoms with Crippen LogP contribution in [0.5, 0.6) is 0 Å². The van der Waals surface area contributed by atoms with E-state index in [2.05, 4.69) is 154 Å². The van der Waals surface area contributed by atoms with E-state index in [1.165, 1.54) is 77.0 Å². The number of allylic oxidation sites excluding steroid dienone is 22. The molecule has 0 saturated carbocycles. The van der Waals surface area contributed by atoms with Crippen LogP contribution in [0.15, 0.2) is 134 Å². The minimum absolute atomic E-state index is 0.104. The summed E-state index contributed by atoms with van der Waals surface area (Å²) in [6.45, 7) is 6.37. The maximum Gasteiger partial charge on any atom is 0.306 e. The summed E-state index contributed by atoms with van der Waals surface area (Å²) in [6, 6.07) is 0. The van der Waals surface area contributed by atoms with Crippen LogP contribution in [0.1, 0.15) is 265 Å². The van der Waals surface area contributed by atoms with Gasteiger partial charge in [0.05, 0.1) is 0 Å². The monoisotopic (exact) mass is 1040 g/mol. The Bertz CT molecular complexity index is 1620. The van der Waals surface area contributed by atoms with Crippen molar-refractivity contribution in [1.82, 2.24) is 0 Å². The average molecular weight is 1040 g/mol. The van der Waals surface area contributed by atoms with Gasteiger partial charge in [0.2, 0.25) is 0 Å². The first kappa shape index (κ1) is 70.5. The lowest BCUT2D eigenvalue weighted by Crippen LogP contribution is -2.30. The molecule has 0 bridgehead atoms. The summed E-state index contributed by atoms with van der Waals surface area (Å²) < 4.78 is 16.9. The van der Waals surface area contributed by atoms with E-state index < -0.39 is 6.10 Å². The Kier molecular flexibility index (Phi) is 58.4. The summed E-state index contributed by atoms with van der Waals surface area (Å²) in [5.74, 6) is -0.960. The van der Waals surface area contributed by atoms with Gasteiger partial charge in [-0.2, -0.15) is 0 Å². The number of rotatable bonds is 54. The van der Waals surface area contributed by atoms with Crippen LogP contribution in [-0.2, 0) is 28.6 Å². The summed E-state index contributed by atoms with van der Waals surface area (Å²) in [5.41, 5.74) is 0. The molecule has 0 fully saturated rings. The molecule has 424 valence electrons. The SMILES string of the molecule is CC/C=C\C/C=C\C/C=C\C/C=C\C/C=C\CCCCCCCC(=O)OCC(COC(=O)CCCCCCCCC/C=C\CCCCCCCC)OC(=O)CCCCC/C=C\C/C=C\C/C=C\C/C=C\C/C=C\CC. The van der Waals surface area contributed by atoms with E-state index >= 15 is 0 Å². The lowest BCUT2D eigenvalue weighted by atomic mass is 10.1. The quantitative estimate of drug-likeness (QED) is 0.0261. The van der Waals surface area contributed by atoms with Gasteiger partial charge in [-0.3, -0.25) is 14.4 Å². The number of unbranched alkanes of at least 4 members (excludes halogenated alkanes) is 21. The minimum atomic E-state index is -0.812. The molecule has 6 heteroatoms. The molecule has 0 aliphatic rings. The Balaban J connectivity index is 4.51. The number of carbonyl (C=O) groups excluding carboxylic acids is 3. The highest BCUT2D eigenvalue weighted by molar-refractivity contribution is 5.71. The lowest BCUT2D eigenvalue weighted by molar-refractivity contribution is -0.167. The second-order valence-corrected chi connectivity index (χ2v) is 19.8. The van der Waals surface area contributed by atoms with E-state index in [9.17, 15) is 14.4 Å². The van der Waals surface area contributed by atoms with Crippen LogP contribution in [0.4, 0.5) is 0 Å². The van der Waals surface area contributed by atoms with E-state index in [1.54, 1.807) is 0 Å². The molecule has 0 heterocycles.